The van der Waals surface area contributed by atoms with E-state index < -0.39 is 41.2 Å². The molecular weight excluding hydrogens is 280 g/mol. The van der Waals surface area contributed by atoms with E-state index in [9.17, 15) is 30.8 Å². The molecule has 0 heterocycles. The fraction of sp³-hybridized carbons (Fsp3) is 0.889. The van der Waals surface area contributed by atoms with Gasteiger partial charge in [0, 0.05) is 12.7 Å². The first-order valence-corrected chi connectivity index (χ1v) is 7.04. The zero-order valence-electron chi connectivity index (χ0n) is 9.67. The third kappa shape index (κ3) is 8.40. The molecule has 0 aliphatic carbocycles. The Morgan fingerprint density at radius 2 is 1.89 bits per heavy atom. The Kier molecular flexibility index (Phi) is 6.76. The Hall–Kier alpha value is -0.700. The van der Waals surface area contributed by atoms with Gasteiger partial charge >= 0.3 is 12.3 Å². The SMILES string of the molecule is CS(=O)(=O)CCCC(=O)COCC(F)(F)C(F)F. The number of hydrogen-bond donors (Lipinski definition) is 0. The lowest BCUT2D eigenvalue weighted by atomic mass is 10.2. The molecule has 108 valence electrons. The van der Waals surface area contributed by atoms with Crippen LogP contribution in [0.1, 0.15) is 12.8 Å². The number of hydrogen-bond acceptors (Lipinski definition) is 4. The van der Waals surface area contributed by atoms with Crippen LogP contribution in [-0.4, -0.2) is 51.8 Å². The van der Waals surface area contributed by atoms with E-state index in [1.165, 1.54) is 0 Å². The second kappa shape index (κ2) is 7.03. The molecule has 0 N–H and O–H groups in total. The van der Waals surface area contributed by atoms with Crippen molar-refractivity contribution < 1.29 is 35.5 Å². The zero-order valence-corrected chi connectivity index (χ0v) is 10.5. The van der Waals surface area contributed by atoms with Crippen LogP contribution in [0.4, 0.5) is 17.6 Å². The number of carbonyl (C=O) groups is 1. The first-order chi connectivity index (χ1) is 8.04. The third-order valence-electron chi connectivity index (χ3n) is 1.85. The van der Waals surface area contributed by atoms with Crippen molar-refractivity contribution in [2.45, 2.75) is 25.2 Å². The van der Waals surface area contributed by atoms with Gasteiger partial charge in [-0.2, -0.15) is 8.78 Å². The van der Waals surface area contributed by atoms with E-state index in [1.807, 2.05) is 0 Å². The predicted octanol–water partition coefficient (Wildman–Crippen LogP) is 1.30. The van der Waals surface area contributed by atoms with Crippen LogP contribution in [-0.2, 0) is 19.4 Å². The molecular formula is C9H14F4O4S. The Balaban J connectivity index is 3.79. The molecule has 0 saturated carbocycles. The average Bonchev–Trinajstić information content (AvgIpc) is 2.14. The summed E-state index contributed by atoms with van der Waals surface area (Å²) in [5.41, 5.74) is 0. The van der Waals surface area contributed by atoms with Gasteiger partial charge in [0.15, 0.2) is 5.78 Å². The van der Waals surface area contributed by atoms with Crippen LogP contribution in [0.3, 0.4) is 0 Å². The average molecular weight is 294 g/mol. The molecule has 0 spiro atoms. The van der Waals surface area contributed by atoms with Gasteiger partial charge in [0.25, 0.3) is 0 Å². The van der Waals surface area contributed by atoms with Gasteiger partial charge in [-0.3, -0.25) is 4.79 Å². The molecule has 0 aromatic rings. The molecule has 9 heteroatoms. The molecule has 0 aliphatic heterocycles. The fourth-order valence-corrected chi connectivity index (χ4v) is 1.64. The summed E-state index contributed by atoms with van der Waals surface area (Å²) in [4.78, 5) is 11.0. The molecule has 0 bridgehead atoms. The number of carbonyl (C=O) groups excluding carboxylic acids is 1. The maximum atomic E-state index is 12.3. The summed E-state index contributed by atoms with van der Waals surface area (Å²) in [6, 6.07) is 0. The smallest absolute Gasteiger partial charge is 0.330 e. The van der Waals surface area contributed by atoms with Crippen LogP contribution in [0.2, 0.25) is 0 Å². The summed E-state index contributed by atoms with van der Waals surface area (Å²) >= 11 is 0. The molecule has 0 radical (unpaired) electrons. The van der Waals surface area contributed by atoms with E-state index in [0.29, 0.717) is 0 Å². The van der Waals surface area contributed by atoms with Crippen LogP contribution < -0.4 is 0 Å². The first kappa shape index (κ1) is 17.3. The number of halogens is 4. The summed E-state index contributed by atoms with van der Waals surface area (Å²) in [6.45, 7) is -2.27. The summed E-state index contributed by atoms with van der Waals surface area (Å²) in [5.74, 6) is -5.09. The van der Waals surface area contributed by atoms with Crippen molar-refractivity contribution in [2.75, 3.05) is 25.2 Å². The highest BCUT2D eigenvalue weighted by Crippen LogP contribution is 2.22. The molecule has 0 aromatic carbocycles. The van der Waals surface area contributed by atoms with Crippen molar-refractivity contribution in [2.24, 2.45) is 0 Å². The number of ether oxygens (including phenoxy) is 1. The van der Waals surface area contributed by atoms with Crippen molar-refractivity contribution in [3.05, 3.63) is 0 Å². The summed E-state index contributed by atoms with van der Waals surface area (Å²) < 4.78 is 73.6. The Bertz CT molecular complexity index is 367. The maximum absolute atomic E-state index is 12.3. The number of Topliss-reactive ketones (excluding diaryl/α,β-unsaturated/α-hetero) is 1. The van der Waals surface area contributed by atoms with Crippen LogP contribution in [0.5, 0.6) is 0 Å². The highest BCUT2D eigenvalue weighted by atomic mass is 32.2. The van der Waals surface area contributed by atoms with Gasteiger partial charge in [-0.25, -0.2) is 17.2 Å². The molecule has 0 aliphatic rings. The molecule has 0 atom stereocenters. The number of ketones is 1. The number of alkyl halides is 4. The Morgan fingerprint density at radius 1 is 1.33 bits per heavy atom. The van der Waals surface area contributed by atoms with Crippen molar-refractivity contribution in [3.63, 3.8) is 0 Å². The second-order valence-electron chi connectivity index (χ2n) is 3.83. The van der Waals surface area contributed by atoms with Crippen molar-refractivity contribution >= 4 is 15.6 Å². The maximum Gasteiger partial charge on any atom is 0.330 e. The normalized spacial score (nSPS) is 13.0. The van der Waals surface area contributed by atoms with Crippen LogP contribution in [0, 0.1) is 0 Å². The second-order valence-corrected chi connectivity index (χ2v) is 6.09. The van der Waals surface area contributed by atoms with Gasteiger partial charge < -0.3 is 4.74 Å². The van der Waals surface area contributed by atoms with E-state index >= 15 is 0 Å². The number of rotatable bonds is 9. The molecule has 0 rings (SSSR count). The van der Waals surface area contributed by atoms with Crippen molar-refractivity contribution in [3.8, 4) is 0 Å². The van der Waals surface area contributed by atoms with Crippen LogP contribution in [0.15, 0.2) is 0 Å². The van der Waals surface area contributed by atoms with E-state index in [0.717, 1.165) is 6.26 Å². The molecule has 0 fully saturated rings. The monoisotopic (exact) mass is 294 g/mol. The van der Waals surface area contributed by atoms with Gasteiger partial charge in [0.05, 0.1) is 5.75 Å². The van der Waals surface area contributed by atoms with Gasteiger partial charge in [-0.1, -0.05) is 0 Å². The minimum absolute atomic E-state index is 0.0479. The molecule has 0 saturated heterocycles. The van der Waals surface area contributed by atoms with Gasteiger partial charge in [-0.05, 0) is 6.42 Å². The number of sulfone groups is 1. The minimum Gasteiger partial charge on any atom is -0.367 e. The summed E-state index contributed by atoms with van der Waals surface area (Å²) in [7, 11) is -3.19. The summed E-state index contributed by atoms with van der Waals surface area (Å²) in [5, 5.41) is 0. The predicted molar refractivity (Wildman–Crippen MR) is 55.7 cm³/mol. The van der Waals surface area contributed by atoms with Crippen LogP contribution >= 0.6 is 0 Å². The van der Waals surface area contributed by atoms with E-state index in [1.54, 1.807) is 0 Å². The molecule has 0 amide bonds. The van der Waals surface area contributed by atoms with E-state index in [-0.39, 0.29) is 18.6 Å². The van der Waals surface area contributed by atoms with Crippen molar-refractivity contribution in [1.82, 2.24) is 0 Å². The molecule has 18 heavy (non-hydrogen) atoms. The third-order valence-corrected chi connectivity index (χ3v) is 2.88. The van der Waals surface area contributed by atoms with Crippen LogP contribution in [0.25, 0.3) is 0 Å². The molecule has 4 nitrogen and oxygen atoms in total. The Labute approximate surface area is 102 Å². The quantitative estimate of drug-likeness (QED) is 0.601. The van der Waals surface area contributed by atoms with Crippen molar-refractivity contribution in [1.29, 1.82) is 0 Å². The van der Waals surface area contributed by atoms with E-state index in [4.69, 9.17) is 0 Å². The molecule has 0 unspecified atom stereocenters. The van der Waals surface area contributed by atoms with Gasteiger partial charge in [0.1, 0.15) is 23.1 Å². The lowest BCUT2D eigenvalue weighted by molar-refractivity contribution is -0.168. The van der Waals surface area contributed by atoms with Gasteiger partial charge in [0.2, 0.25) is 0 Å². The minimum atomic E-state index is -4.28. The lowest BCUT2D eigenvalue weighted by Gasteiger charge is -2.14. The standard InChI is InChI=1S/C9H14F4O4S/c1-18(15,16)4-2-3-7(14)5-17-6-9(12,13)8(10)11/h8H,2-6H2,1H3. The highest BCUT2D eigenvalue weighted by Gasteiger charge is 2.41. The fourth-order valence-electron chi connectivity index (χ4n) is 0.968. The van der Waals surface area contributed by atoms with Gasteiger partial charge in [-0.15, -0.1) is 0 Å². The zero-order chi connectivity index (χ0) is 14.4. The highest BCUT2D eigenvalue weighted by molar-refractivity contribution is 7.90. The Morgan fingerprint density at radius 3 is 2.33 bits per heavy atom. The topological polar surface area (TPSA) is 60.4 Å². The molecule has 0 aromatic heterocycles. The first-order valence-electron chi connectivity index (χ1n) is 4.98. The lowest BCUT2D eigenvalue weighted by Crippen LogP contribution is -2.33. The van der Waals surface area contributed by atoms with E-state index in [2.05, 4.69) is 4.74 Å². The largest absolute Gasteiger partial charge is 0.367 e. The summed E-state index contributed by atoms with van der Waals surface area (Å²) in [6.07, 6.45) is -2.96.